The smallest absolute Gasteiger partial charge is 0.0126 e. The summed E-state index contributed by atoms with van der Waals surface area (Å²) in [6.45, 7) is 4.62. The lowest BCUT2D eigenvalue weighted by Crippen LogP contribution is -1.97. The van der Waals surface area contributed by atoms with Crippen molar-refractivity contribution in [2.24, 2.45) is 0 Å². The maximum Gasteiger partial charge on any atom is -0.0126 e. The molecule has 0 heteroatoms. The molecule has 0 unspecified atom stereocenters. The van der Waals surface area contributed by atoms with E-state index < -0.39 is 0 Å². The van der Waals surface area contributed by atoms with Gasteiger partial charge in [0.1, 0.15) is 0 Å². The molecular weight excluding hydrogens is 613 g/mol. The van der Waals surface area contributed by atoms with Crippen molar-refractivity contribution in [3.05, 3.63) is 46.6 Å². The van der Waals surface area contributed by atoms with Crippen LogP contribution in [0, 0.1) is 0 Å². The van der Waals surface area contributed by atoms with Gasteiger partial charge in [0.25, 0.3) is 0 Å². The van der Waals surface area contributed by atoms with Gasteiger partial charge in [0.2, 0.25) is 0 Å². The molecule has 0 spiro atoms. The van der Waals surface area contributed by atoms with E-state index in [0.717, 1.165) is 0 Å². The third-order valence-corrected chi connectivity index (χ3v) is 12.2. The van der Waals surface area contributed by atoms with Crippen LogP contribution in [0.1, 0.15) is 277 Å². The van der Waals surface area contributed by atoms with E-state index in [-0.39, 0.29) is 0 Å². The molecule has 0 nitrogen and oxygen atoms in total. The Morgan fingerprint density at radius 2 is 0.627 bits per heavy atom. The molecule has 0 saturated heterocycles. The summed E-state index contributed by atoms with van der Waals surface area (Å²) >= 11 is 0. The van der Waals surface area contributed by atoms with Crippen LogP contribution in [0.3, 0.4) is 0 Å². The predicted octanol–water partition coefficient (Wildman–Crippen LogP) is 18.8. The SMILES string of the molecule is CCCCCCCCCCCCCCCCCCCCCC1=CC2=CC=C(CCCCCCCCCCCCCCCCCCCCC)C2=CC1. The van der Waals surface area contributed by atoms with E-state index in [1.807, 2.05) is 0 Å². The van der Waals surface area contributed by atoms with Crippen LogP contribution in [0.5, 0.6) is 0 Å². The molecule has 0 radical (unpaired) electrons. The summed E-state index contributed by atoms with van der Waals surface area (Å²) in [5, 5.41) is 0. The Balaban J connectivity index is 1.29. The zero-order valence-corrected chi connectivity index (χ0v) is 35.3. The second kappa shape index (κ2) is 36.0. The van der Waals surface area contributed by atoms with Crippen LogP contribution >= 0.6 is 0 Å². The highest BCUT2D eigenvalue weighted by Gasteiger charge is 2.17. The van der Waals surface area contributed by atoms with Gasteiger partial charge in [0.05, 0.1) is 0 Å². The third kappa shape index (κ3) is 27.2. The van der Waals surface area contributed by atoms with Gasteiger partial charge in [-0.1, -0.05) is 275 Å². The Bertz CT molecular complexity index is 880. The van der Waals surface area contributed by atoms with Crippen molar-refractivity contribution in [3.8, 4) is 0 Å². The standard InChI is InChI=1S/C51H92/c1-3-5-7-9-11-13-15-17-19-21-23-25-27-29-31-33-35-37-39-41-48-43-46-51-49(44-45-50(51)47-48)42-40-38-36-34-32-30-28-26-24-22-20-18-16-14-12-10-8-6-4-2/h44-47H,3-43H2,1-2H3. The Hall–Kier alpha value is -1.04. The minimum absolute atomic E-state index is 1.20. The second-order valence-corrected chi connectivity index (χ2v) is 17.2. The topological polar surface area (TPSA) is 0 Å². The van der Waals surface area contributed by atoms with Crippen LogP contribution in [0.2, 0.25) is 0 Å². The summed E-state index contributed by atoms with van der Waals surface area (Å²) in [6.07, 6.45) is 69.2. The molecule has 0 bridgehead atoms. The van der Waals surface area contributed by atoms with E-state index in [1.165, 1.54) is 269 Å². The number of hydrogen-bond donors (Lipinski definition) is 0. The fourth-order valence-corrected chi connectivity index (χ4v) is 8.66. The molecule has 0 aromatic rings. The number of allylic oxidation sites excluding steroid dienone is 8. The third-order valence-electron chi connectivity index (χ3n) is 12.2. The normalized spacial score (nSPS) is 14.1. The van der Waals surface area contributed by atoms with Crippen molar-refractivity contribution in [1.29, 1.82) is 0 Å². The van der Waals surface area contributed by atoms with Gasteiger partial charge in [-0.05, 0) is 48.8 Å². The first-order valence-electron chi connectivity index (χ1n) is 24.2. The first-order valence-corrected chi connectivity index (χ1v) is 24.2. The van der Waals surface area contributed by atoms with Crippen molar-refractivity contribution in [3.63, 3.8) is 0 Å². The zero-order valence-electron chi connectivity index (χ0n) is 35.3. The highest BCUT2D eigenvalue weighted by Crippen LogP contribution is 2.36. The summed E-state index contributed by atoms with van der Waals surface area (Å²) in [4.78, 5) is 0. The van der Waals surface area contributed by atoms with Crippen molar-refractivity contribution >= 4 is 0 Å². The Labute approximate surface area is 322 Å². The molecule has 0 saturated carbocycles. The van der Waals surface area contributed by atoms with Crippen LogP contribution in [0.15, 0.2) is 46.6 Å². The lowest BCUT2D eigenvalue weighted by molar-refractivity contribution is 0.523. The fourth-order valence-electron chi connectivity index (χ4n) is 8.66. The van der Waals surface area contributed by atoms with Gasteiger partial charge < -0.3 is 0 Å². The summed E-state index contributed by atoms with van der Waals surface area (Å²) in [5.74, 6) is 0. The monoisotopic (exact) mass is 705 g/mol. The molecule has 0 fully saturated rings. The van der Waals surface area contributed by atoms with Crippen molar-refractivity contribution < 1.29 is 0 Å². The first kappa shape index (κ1) is 46.1. The Morgan fingerprint density at radius 1 is 0.333 bits per heavy atom. The molecule has 0 aromatic heterocycles. The van der Waals surface area contributed by atoms with E-state index in [2.05, 4.69) is 38.2 Å². The van der Waals surface area contributed by atoms with E-state index in [4.69, 9.17) is 0 Å². The van der Waals surface area contributed by atoms with Gasteiger partial charge in [-0.2, -0.15) is 0 Å². The van der Waals surface area contributed by atoms with E-state index in [1.54, 1.807) is 16.7 Å². The summed E-state index contributed by atoms with van der Waals surface area (Å²) < 4.78 is 0. The minimum atomic E-state index is 1.20. The molecule has 2 aliphatic rings. The number of hydrogen-bond acceptors (Lipinski definition) is 0. The maximum absolute atomic E-state index is 2.56. The van der Waals surface area contributed by atoms with Crippen LogP contribution in [-0.2, 0) is 0 Å². The molecule has 2 rings (SSSR count). The zero-order chi connectivity index (χ0) is 36.1. The molecule has 0 aliphatic heterocycles. The molecule has 296 valence electrons. The van der Waals surface area contributed by atoms with Crippen molar-refractivity contribution in [2.75, 3.05) is 0 Å². The summed E-state index contributed by atoms with van der Waals surface area (Å²) in [6, 6.07) is 0. The molecule has 0 atom stereocenters. The number of rotatable bonds is 40. The highest BCUT2D eigenvalue weighted by molar-refractivity contribution is 5.62. The van der Waals surface area contributed by atoms with E-state index >= 15 is 0 Å². The van der Waals surface area contributed by atoms with Gasteiger partial charge >= 0.3 is 0 Å². The molecule has 0 N–H and O–H groups in total. The fraction of sp³-hybridized carbons (Fsp3) is 0.843. The van der Waals surface area contributed by atoms with Crippen molar-refractivity contribution in [2.45, 2.75) is 277 Å². The van der Waals surface area contributed by atoms with Crippen LogP contribution in [0.25, 0.3) is 0 Å². The first-order chi connectivity index (χ1) is 25.3. The van der Waals surface area contributed by atoms with Gasteiger partial charge in [0, 0.05) is 0 Å². The average molecular weight is 705 g/mol. The Morgan fingerprint density at radius 3 is 0.961 bits per heavy atom. The van der Waals surface area contributed by atoms with E-state index in [0.29, 0.717) is 0 Å². The Kier molecular flexibility index (Phi) is 32.5. The maximum atomic E-state index is 2.56. The lowest BCUT2D eigenvalue weighted by Gasteiger charge is -2.16. The van der Waals surface area contributed by atoms with Gasteiger partial charge in [-0.3, -0.25) is 0 Å². The predicted molar refractivity (Wildman–Crippen MR) is 233 cm³/mol. The van der Waals surface area contributed by atoms with Crippen molar-refractivity contribution in [1.82, 2.24) is 0 Å². The second-order valence-electron chi connectivity index (χ2n) is 17.2. The van der Waals surface area contributed by atoms with Gasteiger partial charge in [-0.25, -0.2) is 0 Å². The molecule has 0 heterocycles. The average Bonchev–Trinajstić information content (AvgIpc) is 3.55. The summed E-state index contributed by atoms with van der Waals surface area (Å²) in [5.41, 5.74) is 6.39. The van der Waals surface area contributed by atoms with Gasteiger partial charge in [-0.15, -0.1) is 0 Å². The van der Waals surface area contributed by atoms with Crippen LogP contribution < -0.4 is 0 Å². The van der Waals surface area contributed by atoms with E-state index in [9.17, 15) is 0 Å². The van der Waals surface area contributed by atoms with Crippen LogP contribution in [-0.4, -0.2) is 0 Å². The quantitative estimate of drug-likeness (QED) is 0.0557. The molecule has 2 aliphatic carbocycles. The largest absolute Gasteiger partial charge is 0.0723 e. The molecule has 51 heavy (non-hydrogen) atoms. The lowest BCUT2D eigenvalue weighted by atomic mass is 9.89. The molecule has 0 amide bonds. The minimum Gasteiger partial charge on any atom is -0.0723 e. The highest BCUT2D eigenvalue weighted by atomic mass is 14.2. The summed E-state index contributed by atoms with van der Waals surface area (Å²) in [7, 11) is 0. The van der Waals surface area contributed by atoms with Gasteiger partial charge in [0.15, 0.2) is 0 Å². The number of unbranched alkanes of at least 4 members (excludes halogenated alkanes) is 36. The number of fused-ring (bicyclic) bond motifs is 1. The molecular formula is C51H92. The molecule has 0 aromatic carbocycles. The van der Waals surface area contributed by atoms with Crippen LogP contribution in [0.4, 0.5) is 0 Å².